The molecule has 3 rings (SSSR count). The third-order valence-corrected chi connectivity index (χ3v) is 6.69. The lowest BCUT2D eigenvalue weighted by Crippen LogP contribution is -2.25. The summed E-state index contributed by atoms with van der Waals surface area (Å²) in [5.41, 5.74) is 1.89. The molecule has 0 heterocycles. The number of carbonyl (C=O) groups is 2. The van der Waals surface area contributed by atoms with Crippen molar-refractivity contribution in [1.29, 1.82) is 0 Å². The molecular formula is C25H19IO3. The second-order valence-electron chi connectivity index (χ2n) is 5.92. The molecule has 0 aliphatic heterocycles. The predicted molar refractivity (Wildman–Crippen MR) is 124 cm³/mol. The van der Waals surface area contributed by atoms with Crippen LogP contribution < -0.4 is 0 Å². The highest BCUT2D eigenvalue weighted by molar-refractivity contribution is 14.2. The van der Waals surface area contributed by atoms with Crippen molar-refractivity contribution in [2.45, 2.75) is 6.92 Å². The van der Waals surface area contributed by atoms with Crippen LogP contribution in [0, 0.1) is 15.4 Å². The SMILES string of the molecule is CCOC(=O)C(=Ic1ccccc1)C(=O)c1ccccc1C#Cc1ccccc1. The molecule has 3 aromatic rings. The lowest BCUT2D eigenvalue weighted by atomic mass is 10.0. The standard InChI is InChI=1S/C25H19IO3/c1-2-29-25(28)23(26-21-14-7-4-8-15-21)24(27)22-16-10-9-13-20(22)18-17-19-11-5-3-6-12-19/h3-16H,2H2,1H3. The van der Waals surface area contributed by atoms with Gasteiger partial charge in [0.25, 0.3) is 0 Å². The highest BCUT2D eigenvalue weighted by atomic mass is 127. The largest absolute Gasteiger partial charge is 0.462 e. The van der Waals surface area contributed by atoms with Gasteiger partial charge in [0.2, 0.25) is 5.78 Å². The zero-order valence-corrected chi connectivity index (χ0v) is 18.1. The van der Waals surface area contributed by atoms with E-state index in [-0.39, 0.29) is 15.9 Å². The summed E-state index contributed by atoms with van der Waals surface area (Å²) in [5.74, 6) is 5.31. The van der Waals surface area contributed by atoms with Gasteiger partial charge in [0.05, 0.1) is 6.61 Å². The summed E-state index contributed by atoms with van der Waals surface area (Å²) in [6.07, 6.45) is 0. The number of ketones is 1. The van der Waals surface area contributed by atoms with E-state index in [0.29, 0.717) is 11.1 Å². The molecular weight excluding hydrogens is 475 g/mol. The molecule has 0 aliphatic rings. The first-order chi connectivity index (χ1) is 14.2. The molecule has 29 heavy (non-hydrogen) atoms. The number of esters is 1. The van der Waals surface area contributed by atoms with Crippen LogP contribution >= 0.6 is 20.7 Å². The monoisotopic (exact) mass is 494 g/mol. The van der Waals surface area contributed by atoms with Crippen molar-refractivity contribution in [3.8, 4) is 11.8 Å². The molecule has 144 valence electrons. The third kappa shape index (κ3) is 5.72. The fraction of sp³-hybridized carbons (Fsp3) is 0.0800. The van der Waals surface area contributed by atoms with Crippen LogP contribution in [0.1, 0.15) is 28.4 Å². The number of Topliss-reactive ketones (excluding diaryl/α,β-unsaturated/α-hetero) is 1. The summed E-state index contributed by atoms with van der Waals surface area (Å²) in [6.45, 7) is 1.96. The summed E-state index contributed by atoms with van der Waals surface area (Å²) in [6, 6.07) is 26.3. The van der Waals surface area contributed by atoms with Gasteiger partial charge in [0.15, 0.2) is 0 Å². The second kappa shape index (κ2) is 10.5. The number of ether oxygens (including phenoxy) is 1. The Morgan fingerprint density at radius 2 is 1.45 bits per heavy atom. The van der Waals surface area contributed by atoms with E-state index in [0.717, 1.165) is 9.13 Å². The van der Waals surface area contributed by atoms with E-state index < -0.39 is 26.7 Å². The normalized spacial score (nSPS) is 10.9. The van der Waals surface area contributed by atoms with Crippen molar-refractivity contribution < 1.29 is 14.3 Å². The first-order valence-electron chi connectivity index (χ1n) is 9.13. The average molecular weight is 494 g/mol. The van der Waals surface area contributed by atoms with Gasteiger partial charge in [-0.3, -0.25) is 4.79 Å². The van der Waals surface area contributed by atoms with Crippen molar-refractivity contribution in [2.24, 2.45) is 0 Å². The van der Waals surface area contributed by atoms with Gasteiger partial charge in [0, 0.05) is 20.3 Å². The number of halogens is 1. The quantitative estimate of drug-likeness (QED) is 0.168. The van der Waals surface area contributed by atoms with Gasteiger partial charge in [-0.2, -0.15) is 0 Å². The number of carbonyl (C=O) groups excluding carboxylic acids is 2. The molecule has 0 spiro atoms. The fourth-order valence-corrected chi connectivity index (χ4v) is 4.83. The zero-order valence-electron chi connectivity index (χ0n) is 15.9. The second-order valence-corrected chi connectivity index (χ2v) is 8.78. The topological polar surface area (TPSA) is 43.4 Å². The Morgan fingerprint density at radius 3 is 2.14 bits per heavy atom. The van der Waals surface area contributed by atoms with Crippen LogP contribution in [0.4, 0.5) is 0 Å². The molecule has 0 saturated heterocycles. The Kier molecular flexibility index (Phi) is 7.48. The summed E-state index contributed by atoms with van der Waals surface area (Å²) in [4.78, 5) is 25.9. The number of rotatable bonds is 5. The molecule has 0 bridgehead atoms. The third-order valence-electron chi connectivity index (χ3n) is 3.88. The number of hydrogen-bond acceptors (Lipinski definition) is 3. The van der Waals surface area contributed by atoms with Crippen LogP contribution in [0.15, 0.2) is 84.9 Å². The lowest BCUT2D eigenvalue weighted by molar-refractivity contribution is -0.134. The van der Waals surface area contributed by atoms with E-state index in [1.807, 2.05) is 66.7 Å². The predicted octanol–water partition coefficient (Wildman–Crippen LogP) is 4.85. The van der Waals surface area contributed by atoms with Gasteiger partial charge in [-0.1, -0.05) is 81.1 Å². The minimum atomic E-state index is -0.981. The van der Waals surface area contributed by atoms with Gasteiger partial charge in [-0.25, -0.2) is 4.79 Å². The average Bonchev–Trinajstić information content (AvgIpc) is 2.77. The molecule has 0 aliphatic carbocycles. The molecule has 0 saturated carbocycles. The zero-order chi connectivity index (χ0) is 20.5. The minimum Gasteiger partial charge on any atom is -0.462 e. The van der Waals surface area contributed by atoms with Gasteiger partial charge >= 0.3 is 5.97 Å². The molecule has 0 radical (unpaired) electrons. The van der Waals surface area contributed by atoms with Gasteiger partial charge in [-0.15, -0.1) is 0 Å². The van der Waals surface area contributed by atoms with Crippen LogP contribution in [0.25, 0.3) is 0 Å². The van der Waals surface area contributed by atoms with Gasteiger partial charge < -0.3 is 4.74 Å². The maximum atomic E-state index is 13.3. The molecule has 4 heteroatoms. The van der Waals surface area contributed by atoms with E-state index in [4.69, 9.17) is 4.74 Å². The van der Waals surface area contributed by atoms with Crippen LogP contribution in [-0.4, -0.2) is 21.9 Å². The van der Waals surface area contributed by atoms with Crippen LogP contribution in [0.2, 0.25) is 0 Å². The van der Waals surface area contributed by atoms with Crippen molar-refractivity contribution in [3.63, 3.8) is 0 Å². The summed E-state index contributed by atoms with van der Waals surface area (Å²) in [5, 5.41) is 0. The van der Waals surface area contributed by atoms with Crippen molar-refractivity contribution in [2.75, 3.05) is 6.61 Å². The van der Waals surface area contributed by atoms with Crippen LogP contribution in [0.5, 0.6) is 0 Å². The van der Waals surface area contributed by atoms with E-state index in [2.05, 4.69) is 11.8 Å². The lowest BCUT2D eigenvalue weighted by Gasteiger charge is -2.08. The summed E-state index contributed by atoms with van der Waals surface area (Å²) >= 11 is -0.981. The van der Waals surface area contributed by atoms with Crippen LogP contribution in [0.3, 0.4) is 0 Å². The fourth-order valence-electron chi connectivity index (χ4n) is 2.52. The molecule has 3 nitrogen and oxygen atoms in total. The van der Waals surface area contributed by atoms with Gasteiger partial charge in [0.1, 0.15) is 3.51 Å². The Hall–Kier alpha value is -3.04. The molecule has 0 fully saturated rings. The minimum absolute atomic E-state index is 0.214. The van der Waals surface area contributed by atoms with E-state index in [1.54, 1.807) is 25.1 Å². The van der Waals surface area contributed by atoms with Crippen molar-refractivity contribution in [3.05, 3.63) is 105 Å². The van der Waals surface area contributed by atoms with Crippen molar-refractivity contribution in [1.82, 2.24) is 0 Å². The highest BCUT2D eigenvalue weighted by Gasteiger charge is 2.23. The molecule has 0 atom stereocenters. The maximum absolute atomic E-state index is 13.3. The van der Waals surface area contributed by atoms with Gasteiger partial charge in [-0.05, 0) is 43.3 Å². The Bertz CT molecular complexity index is 1090. The molecule has 0 amide bonds. The molecule has 0 N–H and O–H groups in total. The Balaban J connectivity index is 2.02. The number of benzene rings is 3. The first-order valence-corrected chi connectivity index (χ1v) is 11.3. The molecule has 0 aromatic heterocycles. The molecule has 3 aromatic carbocycles. The van der Waals surface area contributed by atoms with Crippen LogP contribution in [-0.2, 0) is 9.53 Å². The first kappa shape index (κ1) is 20.7. The smallest absolute Gasteiger partial charge is 0.348 e. The summed E-state index contributed by atoms with van der Waals surface area (Å²) in [7, 11) is 0. The number of hydrogen-bond donors (Lipinski definition) is 0. The maximum Gasteiger partial charge on any atom is 0.348 e. The summed E-state index contributed by atoms with van der Waals surface area (Å²) < 4.78 is 6.38. The van der Waals surface area contributed by atoms with E-state index in [1.165, 1.54) is 0 Å². The van der Waals surface area contributed by atoms with E-state index in [9.17, 15) is 9.59 Å². The Labute approximate surface area is 180 Å². The van der Waals surface area contributed by atoms with E-state index >= 15 is 0 Å². The molecule has 0 unspecified atom stereocenters. The highest BCUT2D eigenvalue weighted by Crippen LogP contribution is 2.19. The van der Waals surface area contributed by atoms with Crippen molar-refractivity contribution >= 4 is 36.0 Å². The Morgan fingerprint density at radius 1 is 0.828 bits per heavy atom.